The molecule has 0 aliphatic rings. The van der Waals surface area contributed by atoms with Crippen molar-refractivity contribution >= 4 is 23.1 Å². The van der Waals surface area contributed by atoms with Crippen LogP contribution in [0, 0.1) is 20.8 Å². The van der Waals surface area contributed by atoms with Crippen molar-refractivity contribution in [3.8, 4) is 5.69 Å². The van der Waals surface area contributed by atoms with Gasteiger partial charge in [-0.1, -0.05) is 17.7 Å². The summed E-state index contributed by atoms with van der Waals surface area (Å²) in [6.07, 6.45) is 1.73. The van der Waals surface area contributed by atoms with Gasteiger partial charge in [0, 0.05) is 6.20 Å². The van der Waals surface area contributed by atoms with Crippen LogP contribution in [0.4, 0.5) is 5.95 Å². The smallest absolute Gasteiger partial charge is 0.362 e. The van der Waals surface area contributed by atoms with Crippen molar-refractivity contribution in [2.75, 3.05) is 12.3 Å². The first-order valence-corrected chi connectivity index (χ1v) is 8.32. The van der Waals surface area contributed by atoms with Crippen molar-refractivity contribution in [2.24, 2.45) is 0 Å². The van der Waals surface area contributed by atoms with Crippen molar-refractivity contribution in [3.63, 3.8) is 0 Å². The predicted molar refractivity (Wildman–Crippen MR) is 96.5 cm³/mol. The summed E-state index contributed by atoms with van der Waals surface area (Å²) in [7, 11) is 0. The van der Waals surface area contributed by atoms with Crippen molar-refractivity contribution in [1.29, 1.82) is 0 Å². The van der Waals surface area contributed by atoms with Gasteiger partial charge in [0.15, 0.2) is 12.1 Å². The SMILES string of the molecule is CCOC(=O)C[n+]1c(N)n(-c2c(C)cc(C)cc2C)c2ncccc21. The number of nitrogen functional groups attached to an aromatic ring is 1. The minimum atomic E-state index is -0.320. The average molecular weight is 339 g/mol. The van der Waals surface area contributed by atoms with Gasteiger partial charge in [-0.3, -0.25) is 5.73 Å². The number of rotatable bonds is 4. The third-order valence-electron chi connectivity index (χ3n) is 4.23. The van der Waals surface area contributed by atoms with E-state index in [9.17, 15) is 4.79 Å². The van der Waals surface area contributed by atoms with Crippen molar-refractivity contribution in [2.45, 2.75) is 34.2 Å². The van der Waals surface area contributed by atoms with Gasteiger partial charge in [0.2, 0.25) is 5.65 Å². The van der Waals surface area contributed by atoms with Gasteiger partial charge in [-0.05, 0) is 51.0 Å². The maximum Gasteiger partial charge on any atom is 0.362 e. The molecule has 130 valence electrons. The van der Waals surface area contributed by atoms with Crippen molar-refractivity contribution < 1.29 is 14.1 Å². The van der Waals surface area contributed by atoms with E-state index in [1.165, 1.54) is 5.56 Å². The van der Waals surface area contributed by atoms with Crippen LogP contribution in [0.2, 0.25) is 0 Å². The van der Waals surface area contributed by atoms with Crippen LogP contribution in [-0.4, -0.2) is 22.1 Å². The topological polar surface area (TPSA) is 74.0 Å². The number of carbonyl (C=O) groups is 1. The molecule has 0 bridgehead atoms. The first kappa shape index (κ1) is 17.0. The summed E-state index contributed by atoms with van der Waals surface area (Å²) in [6, 6.07) is 7.98. The summed E-state index contributed by atoms with van der Waals surface area (Å²) in [5.41, 5.74) is 12.4. The molecule has 2 N–H and O–H groups in total. The van der Waals surface area contributed by atoms with Crippen LogP contribution < -0.4 is 10.3 Å². The van der Waals surface area contributed by atoms with Crippen LogP contribution in [0.1, 0.15) is 23.6 Å². The Kier molecular flexibility index (Phi) is 4.44. The summed E-state index contributed by atoms with van der Waals surface area (Å²) in [5.74, 6) is 0.135. The largest absolute Gasteiger partial charge is 0.464 e. The molecule has 3 rings (SSSR count). The monoisotopic (exact) mass is 339 g/mol. The first-order chi connectivity index (χ1) is 11.9. The number of aromatic nitrogens is 3. The number of hydrogen-bond donors (Lipinski definition) is 1. The van der Waals surface area contributed by atoms with Gasteiger partial charge in [0.05, 0.1) is 6.61 Å². The van der Waals surface area contributed by atoms with Gasteiger partial charge in [0.25, 0.3) is 0 Å². The zero-order valence-electron chi connectivity index (χ0n) is 15.0. The van der Waals surface area contributed by atoms with Crippen LogP contribution in [-0.2, 0) is 16.1 Å². The lowest BCUT2D eigenvalue weighted by molar-refractivity contribution is -0.645. The Morgan fingerprint density at radius 2 is 1.96 bits per heavy atom. The normalized spacial score (nSPS) is 11.0. The van der Waals surface area contributed by atoms with E-state index >= 15 is 0 Å². The number of aryl methyl sites for hydroxylation is 3. The van der Waals surface area contributed by atoms with Gasteiger partial charge in [0.1, 0.15) is 5.69 Å². The Balaban J connectivity index is 2.27. The minimum absolute atomic E-state index is 0.0544. The molecule has 1 aromatic carbocycles. The zero-order valence-corrected chi connectivity index (χ0v) is 15.0. The summed E-state index contributed by atoms with van der Waals surface area (Å²) < 4.78 is 8.75. The summed E-state index contributed by atoms with van der Waals surface area (Å²) in [5, 5.41) is 0. The van der Waals surface area contributed by atoms with E-state index in [-0.39, 0.29) is 12.5 Å². The summed E-state index contributed by atoms with van der Waals surface area (Å²) >= 11 is 0. The maximum absolute atomic E-state index is 12.0. The lowest BCUT2D eigenvalue weighted by atomic mass is 10.0. The van der Waals surface area contributed by atoms with Crippen LogP contribution in [0.25, 0.3) is 16.9 Å². The molecule has 6 heteroatoms. The van der Waals surface area contributed by atoms with Crippen molar-refractivity contribution in [3.05, 3.63) is 47.2 Å². The number of benzene rings is 1. The molecule has 3 aromatic rings. The highest BCUT2D eigenvalue weighted by molar-refractivity contribution is 5.75. The summed E-state index contributed by atoms with van der Waals surface area (Å²) in [4.78, 5) is 16.5. The highest BCUT2D eigenvalue weighted by Crippen LogP contribution is 2.26. The Bertz CT molecular complexity index is 936. The number of fused-ring (bicyclic) bond motifs is 1. The van der Waals surface area contributed by atoms with Gasteiger partial charge < -0.3 is 4.74 Å². The number of imidazole rings is 1. The lowest BCUT2D eigenvalue weighted by Gasteiger charge is -2.10. The molecule has 0 fully saturated rings. The molecular formula is C19H23N4O2+. The molecular weight excluding hydrogens is 316 g/mol. The van der Waals surface area contributed by atoms with E-state index in [2.05, 4.69) is 37.9 Å². The number of nitrogens with zero attached hydrogens (tertiary/aromatic N) is 3. The number of nitrogens with two attached hydrogens (primary N) is 1. The fourth-order valence-corrected chi connectivity index (χ4v) is 3.37. The number of carbonyl (C=O) groups excluding carboxylic acids is 1. The molecule has 0 aliphatic heterocycles. The fourth-order valence-electron chi connectivity index (χ4n) is 3.37. The van der Waals surface area contributed by atoms with E-state index in [4.69, 9.17) is 10.5 Å². The second-order valence-electron chi connectivity index (χ2n) is 6.18. The Hall–Kier alpha value is -2.89. The predicted octanol–water partition coefficient (Wildman–Crippen LogP) is 2.38. The Labute approximate surface area is 146 Å². The third-order valence-corrected chi connectivity index (χ3v) is 4.23. The molecule has 0 amide bonds. The highest BCUT2D eigenvalue weighted by Gasteiger charge is 2.27. The zero-order chi connectivity index (χ0) is 18.1. The van der Waals surface area contributed by atoms with E-state index in [0.29, 0.717) is 12.6 Å². The lowest BCUT2D eigenvalue weighted by Crippen LogP contribution is -2.41. The van der Waals surface area contributed by atoms with Crippen LogP contribution in [0.5, 0.6) is 0 Å². The second kappa shape index (κ2) is 6.55. The van der Waals surface area contributed by atoms with Crippen molar-refractivity contribution in [1.82, 2.24) is 9.55 Å². The van der Waals surface area contributed by atoms with E-state index in [1.54, 1.807) is 17.7 Å². The maximum atomic E-state index is 12.0. The second-order valence-corrected chi connectivity index (χ2v) is 6.18. The van der Waals surface area contributed by atoms with Gasteiger partial charge in [-0.2, -0.15) is 4.57 Å². The van der Waals surface area contributed by atoms with Crippen LogP contribution in [0.15, 0.2) is 30.5 Å². The van der Waals surface area contributed by atoms with Crippen LogP contribution >= 0.6 is 0 Å². The minimum Gasteiger partial charge on any atom is -0.464 e. The number of pyridine rings is 1. The summed E-state index contributed by atoms with van der Waals surface area (Å²) in [6.45, 7) is 8.36. The fraction of sp³-hybridized carbons (Fsp3) is 0.316. The molecule has 0 saturated carbocycles. The van der Waals surface area contributed by atoms with Gasteiger partial charge in [-0.25, -0.2) is 14.3 Å². The average Bonchev–Trinajstić information content (AvgIpc) is 2.80. The third kappa shape index (κ3) is 2.95. The molecule has 2 heterocycles. The molecule has 6 nitrogen and oxygen atoms in total. The molecule has 0 unspecified atom stereocenters. The number of hydrogen-bond acceptors (Lipinski definition) is 4. The van der Waals surface area contributed by atoms with Gasteiger partial charge >= 0.3 is 11.9 Å². The highest BCUT2D eigenvalue weighted by atomic mass is 16.5. The van der Waals surface area contributed by atoms with E-state index in [0.717, 1.165) is 28.0 Å². The van der Waals surface area contributed by atoms with E-state index < -0.39 is 0 Å². The molecule has 0 radical (unpaired) electrons. The molecule has 0 spiro atoms. The molecule has 0 saturated heterocycles. The Morgan fingerprint density at radius 3 is 2.60 bits per heavy atom. The molecule has 0 aliphatic carbocycles. The first-order valence-electron chi connectivity index (χ1n) is 8.32. The molecule has 2 aromatic heterocycles. The number of anilines is 1. The van der Waals surface area contributed by atoms with Crippen LogP contribution in [0.3, 0.4) is 0 Å². The van der Waals surface area contributed by atoms with Gasteiger partial charge in [-0.15, -0.1) is 0 Å². The number of esters is 1. The number of ether oxygens (including phenoxy) is 1. The Morgan fingerprint density at radius 1 is 1.28 bits per heavy atom. The molecule has 25 heavy (non-hydrogen) atoms. The molecule has 0 atom stereocenters. The quantitative estimate of drug-likeness (QED) is 0.585. The van der Waals surface area contributed by atoms with E-state index in [1.807, 2.05) is 16.7 Å². The standard InChI is InChI=1S/C19H22N4O2/c1-5-25-16(24)11-22-15-7-6-8-21-18(15)23(19(22)20)17-13(3)9-12(2)10-14(17)4/h6-10,20H,5,11H2,1-4H3/p+1.